The van der Waals surface area contributed by atoms with Crippen LogP contribution in [0.25, 0.3) is 0 Å². The minimum Gasteiger partial charge on any atom is -0.347 e. The number of thiophene rings is 1. The minimum atomic E-state index is -0.620. The standard InChI is InChI=1S/C12H8BrClFNOS/c13-7-4-5-18-10(7)6-16-12(17)11-8(14)2-1-3-9(11)15/h1-5H,6H2,(H,16,17). The Hall–Kier alpha value is -0.910. The lowest BCUT2D eigenvalue weighted by molar-refractivity contribution is 0.0947. The summed E-state index contributed by atoms with van der Waals surface area (Å²) in [6.45, 7) is 0.335. The van der Waals surface area contributed by atoms with E-state index in [0.717, 1.165) is 9.35 Å². The van der Waals surface area contributed by atoms with E-state index in [1.807, 2.05) is 11.4 Å². The molecule has 0 radical (unpaired) electrons. The van der Waals surface area contributed by atoms with Crippen molar-refractivity contribution in [1.82, 2.24) is 5.32 Å². The Morgan fingerprint density at radius 1 is 1.44 bits per heavy atom. The SMILES string of the molecule is O=C(NCc1sccc1Br)c1c(F)cccc1Cl. The van der Waals surface area contributed by atoms with Gasteiger partial charge < -0.3 is 5.32 Å². The highest BCUT2D eigenvalue weighted by Crippen LogP contribution is 2.23. The van der Waals surface area contributed by atoms with Gasteiger partial charge in [0.2, 0.25) is 0 Å². The van der Waals surface area contributed by atoms with E-state index in [9.17, 15) is 9.18 Å². The number of nitrogens with one attached hydrogen (secondary N) is 1. The smallest absolute Gasteiger partial charge is 0.256 e. The van der Waals surface area contributed by atoms with Crippen molar-refractivity contribution in [3.63, 3.8) is 0 Å². The van der Waals surface area contributed by atoms with Gasteiger partial charge in [0, 0.05) is 9.35 Å². The number of hydrogen-bond acceptors (Lipinski definition) is 2. The van der Waals surface area contributed by atoms with Crippen molar-refractivity contribution in [3.05, 3.63) is 55.4 Å². The van der Waals surface area contributed by atoms with Crippen LogP contribution in [0.3, 0.4) is 0 Å². The quantitative estimate of drug-likeness (QED) is 0.883. The normalized spacial score (nSPS) is 10.4. The van der Waals surface area contributed by atoms with Crippen molar-refractivity contribution in [3.8, 4) is 0 Å². The third-order valence-corrected chi connectivity index (χ3v) is 4.53. The number of carbonyl (C=O) groups excluding carboxylic acids is 1. The van der Waals surface area contributed by atoms with E-state index >= 15 is 0 Å². The molecule has 0 atom stereocenters. The molecule has 0 fully saturated rings. The summed E-state index contributed by atoms with van der Waals surface area (Å²) in [6.07, 6.45) is 0. The lowest BCUT2D eigenvalue weighted by atomic mass is 10.2. The van der Waals surface area contributed by atoms with Crippen molar-refractivity contribution in [2.45, 2.75) is 6.54 Å². The van der Waals surface area contributed by atoms with Gasteiger partial charge >= 0.3 is 0 Å². The predicted octanol–water partition coefficient (Wildman–Crippen LogP) is 4.23. The maximum atomic E-state index is 13.5. The van der Waals surface area contributed by atoms with E-state index in [0.29, 0.717) is 6.54 Å². The van der Waals surface area contributed by atoms with Crippen molar-refractivity contribution in [2.24, 2.45) is 0 Å². The van der Waals surface area contributed by atoms with Gasteiger partial charge in [0.1, 0.15) is 5.82 Å². The molecule has 1 N–H and O–H groups in total. The molecule has 94 valence electrons. The molecule has 0 bridgehead atoms. The van der Waals surface area contributed by atoms with E-state index in [1.165, 1.54) is 29.5 Å². The number of halogens is 3. The van der Waals surface area contributed by atoms with Crippen LogP contribution in [-0.4, -0.2) is 5.91 Å². The highest BCUT2D eigenvalue weighted by atomic mass is 79.9. The summed E-state index contributed by atoms with van der Waals surface area (Å²) in [5.41, 5.74) is -0.119. The molecule has 0 aliphatic carbocycles. The van der Waals surface area contributed by atoms with Crippen molar-refractivity contribution in [1.29, 1.82) is 0 Å². The zero-order valence-corrected chi connectivity index (χ0v) is 12.2. The van der Waals surface area contributed by atoms with E-state index < -0.39 is 11.7 Å². The number of hydrogen-bond donors (Lipinski definition) is 1. The number of carbonyl (C=O) groups is 1. The van der Waals surface area contributed by atoms with Crippen molar-refractivity contribution in [2.75, 3.05) is 0 Å². The van der Waals surface area contributed by atoms with Crippen LogP contribution >= 0.6 is 38.9 Å². The average molecular weight is 349 g/mol. The Kier molecular flexibility index (Phi) is 4.37. The Labute approximate surface area is 121 Å². The molecule has 1 aromatic heterocycles. The van der Waals surface area contributed by atoms with Crippen LogP contribution in [0, 0.1) is 5.82 Å². The molecule has 6 heteroatoms. The molecule has 1 heterocycles. The van der Waals surface area contributed by atoms with Crippen LogP contribution in [0.1, 0.15) is 15.2 Å². The van der Waals surface area contributed by atoms with E-state index in [1.54, 1.807) is 0 Å². The number of amides is 1. The van der Waals surface area contributed by atoms with E-state index in [-0.39, 0.29) is 10.6 Å². The molecule has 0 spiro atoms. The molecular formula is C12H8BrClFNOS. The first kappa shape index (κ1) is 13.5. The lowest BCUT2D eigenvalue weighted by Gasteiger charge is -2.07. The summed E-state index contributed by atoms with van der Waals surface area (Å²) in [5, 5.41) is 4.65. The van der Waals surface area contributed by atoms with Gasteiger partial charge in [0.25, 0.3) is 5.91 Å². The van der Waals surface area contributed by atoms with Crippen LogP contribution in [0.4, 0.5) is 4.39 Å². The Morgan fingerprint density at radius 3 is 2.83 bits per heavy atom. The Morgan fingerprint density at radius 2 is 2.22 bits per heavy atom. The predicted molar refractivity (Wildman–Crippen MR) is 74.6 cm³/mol. The summed E-state index contributed by atoms with van der Waals surface area (Å²) in [5.74, 6) is -1.14. The first-order valence-electron chi connectivity index (χ1n) is 5.03. The summed E-state index contributed by atoms with van der Waals surface area (Å²) in [7, 11) is 0. The van der Waals surface area contributed by atoms with Gasteiger partial charge in [0.05, 0.1) is 17.1 Å². The second kappa shape index (κ2) is 5.82. The Balaban J connectivity index is 2.11. The fourth-order valence-electron chi connectivity index (χ4n) is 1.41. The number of rotatable bonds is 3. The lowest BCUT2D eigenvalue weighted by Crippen LogP contribution is -2.23. The fourth-order valence-corrected chi connectivity index (χ4v) is 3.10. The minimum absolute atomic E-state index is 0.109. The molecular weight excluding hydrogens is 341 g/mol. The van der Waals surface area contributed by atoms with Gasteiger partial charge in [-0.2, -0.15) is 0 Å². The molecule has 0 saturated carbocycles. The third kappa shape index (κ3) is 2.91. The van der Waals surface area contributed by atoms with E-state index in [4.69, 9.17) is 11.6 Å². The topological polar surface area (TPSA) is 29.1 Å². The first-order valence-corrected chi connectivity index (χ1v) is 7.08. The first-order chi connectivity index (χ1) is 8.59. The number of benzene rings is 1. The summed E-state index contributed by atoms with van der Waals surface area (Å²) in [6, 6.07) is 6.05. The summed E-state index contributed by atoms with van der Waals surface area (Å²) >= 11 is 10.7. The zero-order valence-electron chi connectivity index (χ0n) is 9.04. The second-order valence-electron chi connectivity index (χ2n) is 3.47. The maximum absolute atomic E-state index is 13.5. The highest BCUT2D eigenvalue weighted by molar-refractivity contribution is 9.10. The monoisotopic (exact) mass is 347 g/mol. The van der Waals surface area contributed by atoms with Crippen LogP contribution in [0.5, 0.6) is 0 Å². The highest BCUT2D eigenvalue weighted by Gasteiger charge is 2.15. The fraction of sp³-hybridized carbons (Fsp3) is 0.0833. The molecule has 2 nitrogen and oxygen atoms in total. The Bertz CT molecular complexity index is 567. The van der Waals surface area contributed by atoms with Gasteiger partial charge in [-0.3, -0.25) is 4.79 Å². The van der Waals surface area contributed by atoms with E-state index in [2.05, 4.69) is 21.2 Å². The van der Waals surface area contributed by atoms with Crippen LogP contribution in [-0.2, 0) is 6.54 Å². The second-order valence-corrected chi connectivity index (χ2v) is 5.73. The maximum Gasteiger partial charge on any atom is 0.256 e. The molecule has 2 aromatic rings. The molecule has 1 amide bonds. The molecule has 2 rings (SSSR count). The average Bonchev–Trinajstić information content (AvgIpc) is 2.72. The molecule has 1 aromatic carbocycles. The van der Waals surface area contributed by atoms with Gasteiger partial charge in [-0.25, -0.2) is 4.39 Å². The van der Waals surface area contributed by atoms with Crippen LogP contribution < -0.4 is 5.32 Å². The van der Waals surface area contributed by atoms with Gasteiger partial charge in [-0.15, -0.1) is 11.3 Å². The largest absolute Gasteiger partial charge is 0.347 e. The van der Waals surface area contributed by atoms with Gasteiger partial charge in [-0.1, -0.05) is 17.7 Å². The van der Waals surface area contributed by atoms with Crippen molar-refractivity contribution < 1.29 is 9.18 Å². The molecule has 18 heavy (non-hydrogen) atoms. The van der Waals surface area contributed by atoms with Gasteiger partial charge in [-0.05, 0) is 39.5 Å². The summed E-state index contributed by atoms with van der Waals surface area (Å²) in [4.78, 5) is 12.8. The third-order valence-electron chi connectivity index (χ3n) is 2.29. The molecule has 0 aliphatic heterocycles. The zero-order chi connectivity index (χ0) is 13.1. The van der Waals surface area contributed by atoms with Crippen molar-refractivity contribution >= 4 is 44.8 Å². The molecule has 0 saturated heterocycles. The molecule has 0 aliphatic rings. The van der Waals surface area contributed by atoms with Crippen LogP contribution in [0.2, 0.25) is 5.02 Å². The van der Waals surface area contributed by atoms with Crippen LogP contribution in [0.15, 0.2) is 34.1 Å². The molecule has 0 unspecified atom stereocenters. The van der Waals surface area contributed by atoms with Gasteiger partial charge in [0.15, 0.2) is 0 Å². The summed E-state index contributed by atoms with van der Waals surface area (Å²) < 4.78 is 14.4.